The number of aromatic amines is 1. The quantitative estimate of drug-likeness (QED) is 0.896. The first-order chi connectivity index (χ1) is 8.83. The first kappa shape index (κ1) is 15.3. The molecule has 0 saturated carbocycles. The van der Waals surface area contributed by atoms with Gasteiger partial charge in [-0.3, -0.25) is 9.59 Å². The van der Waals surface area contributed by atoms with E-state index in [1.165, 1.54) is 12.3 Å². The van der Waals surface area contributed by atoms with Crippen LogP contribution >= 0.6 is 0 Å². The maximum absolute atomic E-state index is 12.4. The Kier molecular flexibility index (Phi) is 5.14. The van der Waals surface area contributed by atoms with Gasteiger partial charge in [0.15, 0.2) is 0 Å². The van der Waals surface area contributed by atoms with Gasteiger partial charge in [-0.15, -0.1) is 0 Å². The molecule has 7 heteroatoms. The summed E-state index contributed by atoms with van der Waals surface area (Å²) in [6.07, 6.45) is -2.06. The molecule has 106 valence electrons. The molecule has 1 heterocycles. The van der Waals surface area contributed by atoms with Crippen molar-refractivity contribution in [1.82, 2.24) is 9.88 Å². The third-order valence-electron chi connectivity index (χ3n) is 2.46. The summed E-state index contributed by atoms with van der Waals surface area (Å²) in [4.78, 5) is 26.1. The zero-order valence-corrected chi connectivity index (χ0v) is 10.5. The van der Waals surface area contributed by atoms with Gasteiger partial charge in [-0.05, 0) is 12.5 Å². The number of unbranched alkanes of at least 4 members (excludes halogenated alkanes) is 1. The van der Waals surface area contributed by atoms with Crippen molar-refractivity contribution < 1.29 is 18.0 Å². The summed E-state index contributed by atoms with van der Waals surface area (Å²) in [5.74, 6) is -0.781. The van der Waals surface area contributed by atoms with Crippen LogP contribution in [0.3, 0.4) is 0 Å². The number of hydrogen-bond donors (Lipinski definition) is 1. The standard InChI is InChI=1S/C12H15F3N2O2/c1-2-3-6-17(8-12(13,14)15)11(19)9-4-5-16-10(18)7-9/h4-5,7H,2-3,6,8H2,1H3,(H,16,18). The lowest BCUT2D eigenvalue weighted by atomic mass is 10.2. The van der Waals surface area contributed by atoms with Gasteiger partial charge in [0.25, 0.3) is 5.91 Å². The van der Waals surface area contributed by atoms with Crippen molar-refractivity contribution in [3.63, 3.8) is 0 Å². The van der Waals surface area contributed by atoms with Gasteiger partial charge in [0.1, 0.15) is 6.54 Å². The summed E-state index contributed by atoms with van der Waals surface area (Å²) in [6.45, 7) is 0.531. The van der Waals surface area contributed by atoms with Gasteiger partial charge >= 0.3 is 6.18 Å². The summed E-state index contributed by atoms with van der Waals surface area (Å²) < 4.78 is 37.3. The molecule has 4 nitrogen and oxygen atoms in total. The van der Waals surface area contributed by atoms with E-state index in [-0.39, 0.29) is 12.1 Å². The number of hydrogen-bond acceptors (Lipinski definition) is 2. The van der Waals surface area contributed by atoms with Crippen LogP contribution in [0.15, 0.2) is 23.1 Å². The van der Waals surface area contributed by atoms with E-state index >= 15 is 0 Å². The highest BCUT2D eigenvalue weighted by Crippen LogP contribution is 2.18. The smallest absolute Gasteiger partial charge is 0.330 e. The van der Waals surface area contributed by atoms with E-state index in [1.807, 2.05) is 6.92 Å². The number of nitrogens with one attached hydrogen (secondary N) is 1. The fraction of sp³-hybridized carbons (Fsp3) is 0.500. The topological polar surface area (TPSA) is 53.2 Å². The molecule has 1 rings (SSSR count). The molecule has 1 aromatic rings. The van der Waals surface area contributed by atoms with Crippen LogP contribution in [0.2, 0.25) is 0 Å². The van der Waals surface area contributed by atoms with Gasteiger partial charge < -0.3 is 9.88 Å². The molecule has 0 aliphatic heterocycles. The predicted molar refractivity (Wildman–Crippen MR) is 63.9 cm³/mol. The summed E-state index contributed by atoms with van der Waals surface area (Å²) in [5.41, 5.74) is -0.558. The van der Waals surface area contributed by atoms with Crippen molar-refractivity contribution >= 4 is 5.91 Å². The number of amides is 1. The first-order valence-electron chi connectivity index (χ1n) is 5.88. The number of H-pyrrole nitrogens is 1. The molecule has 0 aliphatic carbocycles. The SMILES string of the molecule is CCCCN(CC(F)(F)F)C(=O)c1cc[nH]c(=O)c1. The number of halogens is 3. The monoisotopic (exact) mass is 276 g/mol. The largest absolute Gasteiger partial charge is 0.406 e. The second kappa shape index (κ2) is 6.40. The second-order valence-electron chi connectivity index (χ2n) is 4.14. The third-order valence-corrected chi connectivity index (χ3v) is 2.46. The first-order valence-corrected chi connectivity index (χ1v) is 5.88. The Morgan fingerprint density at radius 1 is 1.42 bits per heavy atom. The van der Waals surface area contributed by atoms with Crippen LogP contribution in [0.4, 0.5) is 13.2 Å². The number of pyridine rings is 1. The zero-order chi connectivity index (χ0) is 14.5. The predicted octanol–water partition coefficient (Wildman–Crippen LogP) is 2.18. The van der Waals surface area contributed by atoms with Crippen LogP contribution in [0, 0.1) is 0 Å². The van der Waals surface area contributed by atoms with Crippen molar-refractivity contribution in [2.24, 2.45) is 0 Å². The molecule has 1 amide bonds. The van der Waals surface area contributed by atoms with E-state index in [9.17, 15) is 22.8 Å². The molecular weight excluding hydrogens is 261 g/mol. The Hall–Kier alpha value is -1.79. The number of carbonyl (C=O) groups is 1. The Labute approximate surface area is 108 Å². The number of rotatable bonds is 5. The maximum atomic E-state index is 12.4. The van der Waals surface area contributed by atoms with Gasteiger partial charge in [-0.1, -0.05) is 13.3 Å². The molecule has 0 radical (unpaired) electrons. The number of aromatic nitrogens is 1. The average molecular weight is 276 g/mol. The molecule has 0 aliphatic rings. The van der Waals surface area contributed by atoms with E-state index in [4.69, 9.17) is 0 Å². The minimum atomic E-state index is -4.45. The number of alkyl halides is 3. The molecule has 1 N–H and O–H groups in total. The molecule has 0 aromatic carbocycles. The van der Waals surface area contributed by atoms with Crippen LogP contribution in [0.25, 0.3) is 0 Å². The van der Waals surface area contributed by atoms with E-state index in [2.05, 4.69) is 4.98 Å². The van der Waals surface area contributed by atoms with Crippen molar-refractivity contribution in [3.05, 3.63) is 34.2 Å². The van der Waals surface area contributed by atoms with Gasteiger partial charge in [-0.2, -0.15) is 13.2 Å². The molecule has 0 unspecified atom stereocenters. The Balaban J connectivity index is 2.90. The van der Waals surface area contributed by atoms with Crippen molar-refractivity contribution in [2.45, 2.75) is 25.9 Å². The molecule has 0 saturated heterocycles. The Bertz CT molecular complexity index is 482. The fourth-order valence-electron chi connectivity index (χ4n) is 1.58. The summed E-state index contributed by atoms with van der Waals surface area (Å²) >= 11 is 0. The number of carbonyl (C=O) groups excluding carboxylic acids is 1. The Morgan fingerprint density at radius 2 is 2.11 bits per heavy atom. The van der Waals surface area contributed by atoms with Gasteiger partial charge in [0, 0.05) is 24.4 Å². The average Bonchev–Trinajstić information content (AvgIpc) is 2.32. The van der Waals surface area contributed by atoms with Crippen molar-refractivity contribution in [1.29, 1.82) is 0 Å². The Morgan fingerprint density at radius 3 is 2.63 bits per heavy atom. The highest BCUT2D eigenvalue weighted by molar-refractivity contribution is 5.94. The summed E-state index contributed by atoms with van der Waals surface area (Å²) in [7, 11) is 0. The van der Waals surface area contributed by atoms with Crippen LogP contribution in [-0.4, -0.2) is 35.1 Å². The van der Waals surface area contributed by atoms with E-state index in [0.29, 0.717) is 12.8 Å². The van der Waals surface area contributed by atoms with Gasteiger partial charge in [0.2, 0.25) is 5.56 Å². The van der Waals surface area contributed by atoms with Crippen molar-refractivity contribution in [3.8, 4) is 0 Å². The second-order valence-corrected chi connectivity index (χ2v) is 4.14. The van der Waals surface area contributed by atoms with Gasteiger partial charge in [-0.25, -0.2) is 0 Å². The molecule has 0 spiro atoms. The van der Waals surface area contributed by atoms with E-state index in [0.717, 1.165) is 11.0 Å². The van der Waals surface area contributed by atoms with Gasteiger partial charge in [0.05, 0.1) is 0 Å². The number of nitrogens with zero attached hydrogens (tertiary/aromatic N) is 1. The van der Waals surface area contributed by atoms with E-state index < -0.39 is 24.2 Å². The highest BCUT2D eigenvalue weighted by Gasteiger charge is 2.33. The molecule has 1 aromatic heterocycles. The minimum absolute atomic E-state index is 0.0155. The molecule has 0 bridgehead atoms. The highest BCUT2D eigenvalue weighted by atomic mass is 19.4. The minimum Gasteiger partial charge on any atom is -0.330 e. The summed E-state index contributed by atoms with van der Waals surface area (Å²) in [5, 5.41) is 0. The zero-order valence-electron chi connectivity index (χ0n) is 10.5. The molecule has 19 heavy (non-hydrogen) atoms. The normalized spacial score (nSPS) is 11.4. The summed E-state index contributed by atoms with van der Waals surface area (Å²) in [6, 6.07) is 2.29. The van der Waals surface area contributed by atoms with Crippen LogP contribution in [0.5, 0.6) is 0 Å². The maximum Gasteiger partial charge on any atom is 0.406 e. The lowest BCUT2D eigenvalue weighted by Crippen LogP contribution is -2.39. The molecule has 0 atom stereocenters. The third kappa shape index (κ3) is 5.15. The van der Waals surface area contributed by atoms with E-state index in [1.54, 1.807) is 0 Å². The molecular formula is C12H15F3N2O2. The lowest BCUT2D eigenvalue weighted by molar-refractivity contribution is -0.140. The van der Waals surface area contributed by atoms with Crippen LogP contribution < -0.4 is 5.56 Å². The fourth-order valence-corrected chi connectivity index (χ4v) is 1.58. The lowest BCUT2D eigenvalue weighted by Gasteiger charge is -2.23. The van der Waals surface area contributed by atoms with Crippen LogP contribution in [-0.2, 0) is 0 Å². The van der Waals surface area contributed by atoms with Crippen LogP contribution in [0.1, 0.15) is 30.1 Å². The van der Waals surface area contributed by atoms with Crippen molar-refractivity contribution in [2.75, 3.05) is 13.1 Å². The molecule has 0 fully saturated rings.